The van der Waals surface area contributed by atoms with Gasteiger partial charge in [0.25, 0.3) is 0 Å². The van der Waals surface area contributed by atoms with E-state index < -0.39 is 54.4 Å². The molecule has 10 heteroatoms. The fourth-order valence-corrected chi connectivity index (χ4v) is 3.15. The Morgan fingerprint density at radius 2 is 1.50 bits per heavy atom. The summed E-state index contributed by atoms with van der Waals surface area (Å²) in [6.45, 7) is 6.39. The highest BCUT2D eigenvalue weighted by molar-refractivity contribution is 5.81. The summed E-state index contributed by atoms with van der Waals surface area (Å²) in [5.41, 5.74) is 0. The Hall–Kier alpha value is -0.940. The van der Waals surface area contributed by atoms with Gasteiger partial charge in [-0.3, -0.25) is 4.79 Å². The molecule has 0 aromatic carbocycles. The fourth-order valence-electron chi connectivity index (χ4n) is 3.15. The summed E-state index contributed by atoms with van der Waals surface area (Å²) >= 11 is 0. The Kier molecular flexibility index (Phi) is 4.12. The fraction of sp³-hybridized carbons (Fsp3) is 0.929. The quantitative estimate of drug-likeness (QED) is 0.798. The molecule has 3 saturated heterocycles. The molecule has 5 atom stereocenters. The Morgan fingerprint density at radius 1 is 0.958 bits per heavy atom. The predicted molar refractivity (Wildman–Crippen MR) is 71.6 cm³/mol. The van der Waals surface area contributed by atoms with E-state index in [2.05, 4.69) is 0 Å². The number of fused-ring (bicyclic) bond motifs is 3. The SMILES string of the molecule is CC1(C)O[C@H]2[C@@H](O1)[C@@H](CNC(=O)C(F)(F)F)O[C@@H]1OC(C)(C)O[C@@H]12. The van der Waals surface area contributed by atoms with Crippen LogP contribution in [0.1, 0.15) is 27.7 Å². The summed E-state index contributed by atoms with van der Waals surface area (Å²) in [6.07, 6.45) is -8.46. The Bertz CT molecular complexity index is 523. The maximum atomic E-state index is 12.4. The van der Waals surface area contributed by atoms with Gasteiger partial charge in [-0.15, -0.1) is 0 Å². The molecule has 0 saturated carbocycles. The Morgan fingerprint density at radius 3 is 2.12 bits per heavy atom. The molecule has 0 aromatic rings. The van der Waals surface area contributed by atoms with Crippen LogP contribution in [0, 0.1) is 0 Å². The van der Waals surface area contributed by atoms with Gasteiger partial charge in [0.2, 0.25) is 0 Å². The topological polar surface area (TPSA) is 75.3 Å². The lowest BCUT2D eigenvalue weighted by Gasteiger charge is -2.37. The second-order valence-corrected chi connectivity index (χ2v) is 6.92. The van der Waals surface area contributed by atoms with Gasteiger partial charge in [0.05, 0.1) is 0 Å². The third kappa shape index (κ3) is 3.38. The third-order valence-electron chi connectivity index (χ3n) is 3.97. The number of rotatable bonds is 2. The average molecular weight is 355 g/mol. The van der Waals surface area contributed by atoms with Crippen LogP contribution in [0.4, 0.5) is 13.2 Å². The molecule has 3 aliphatic heterocycles. The van der Waals surface area contributed by atoms with Crippen LogP contribution >= 0.6 is 0 Å². The van der Waals surface area contributed by atoms with Crippen molar-refractivity contribution in [1.82, 2.24) is 5.32 Å². The van der Waals surface area contributed by atoms with Crippen molar-refractivity contribution in [2.75, 3.05) is 6.54 Å². The summed E-state index contributed by atoms with van der Waals surface area (Å²) in [6, 6.07) is 0. The molecule has 3 heterocycles. The van der Waals surface area contributed by atoms with Gasteiger partial charge in [-0.05, 0) is 27.7 Å². The molecule has 0 aromatic heterocycles. The van der Waals surface area contributed by atoms with E-state index in [4.69, 9.17) is 23.7 Å². The van der Waals surface area contributed by atoms with Crippen LogP contribution in [0.15, 0.2) is 0 Å². The van der Waals surface area contributed by atoms with Crippen LogP contribution in [0.25, 0.3) is 0 Å². The van der Waals surface area contributed by atoms with Gasteiger partial charge in [-0.2, -0.15) is 13.2 Å². The first-order valence-corrected chi connectivity index (χ1v) is 7.60. The Labute approximate surface area is 136 Å². The molecule has 24 heavy (non-hydrogen) atoms. The molecule has 3 rings (SSSR count). The number of hydrogen-bond donors (Lipinski definition) is 1. The number of carbonyl (C=O) groups is 1. The van der Waals surface area contributed by atoms with E-state index in [0.29, 0.717) is 0 Å². The van der Waals surface area contributed by atoms with Crippen LogP contribution in [0.2, 0.25) is 0 Å². The minimum absolute atomic E-state index is 0.383. The van der Waals surface area contributed by atoms with Crippen LogP contribution in [-0.4, -0.2) is 60.9 Å². The number of halogens is 3. The summed E-state index contributed by atoms with van der Waals surface area (Å²) in [5, 5.41) is 1.81. The molecular formula is C14H20F3NO6. The molecule has 0 aliphatic carbocycles. The number of alkyl halides is 3. The predicted octanol–water partition coefficient (Wildman–Crippen LogP) is 1.06. The standard InChI is InChI=1S/C14H20F3NO6/c1-12(2)21-7-6(5-18-11(19)14(15,16)17)20-10-9(8(7)22-12)23-13(3,4)24-10/h6-10H,5H2,1-4H3,(H,18,19)/t6-,7+,8+,9-,10-/m1/s1. The molecule has 7 nitrogen and oxygen atoms in total. The second-order valence-electron chi connectivity index (χ2n) is 6.92. The van der Waals surface area contributed by atoms with E-state index in [9.17, 15) is 18.0 Å². The highest BCUT2D eigenvalue weighted by atomic mass is 19.4. The first-order chi connectivity index (χ1) is 10.9. The summed E-state index contributed by atoms with van der Waals surface area (Å²) in [5.74, 6) is -3.90. The summed E-state index contributed by atoms with van der Waals surface area (Å²) in [4.78, 5) is 11.0. The zero-order valence-electron chi connectivity index (χ0n) is 13.7. The van der Waals surface area contributed by atoms with Crippen LogP contribution in [0.5, 0.6) is 0 Å². The molecule has 0 unspecified atom stereocenters. The first kappa shape index (κ1) is 17.9. The molecule has 1 amide bonds. The molecule has 0 radical (unpaired) electrons. The lowest BCUT2D eigenvalue weighted by Crippen LogP contribution is -2.58. The minimum atomic E-state index is -4.96. The smallest absolute Gasteiger partial charge is 0.346 e. The molecule has 3 fully saturated rings. The van der Waals surface area contributed by atoms with Gasteiger partial charge in [0.1, 0.15) is 24.4 Å². The van der Waals surface area contributed by atoms with Crippen molar-refractivity contribution < 1.29 is 41.7 Å². The second kappa shape index (κ2) is 5.53. The maximum absolute atomic E-state index is 12.4. The van der Waals surface area contributed by atoms with Gasteiger partial charge in [0.15, 0.2) is 17.9 Å². The summed E-state index contributed by atoms with van der Waals surface area (Å²) in [7, 11) is 0. The van der Waals surface area contributed by atoms with Crippen molar-refractivity contribution in [3.8, 4) is 0 Å². The largest absolute Gasteiger partial charge is 0.471 e. The molecule has 1 N–H and O–H groups in total. The third-order valence-corrected chi connectivity index (χ3v) is 3.97. The van der Waals surface area contributed by atoms with E-state index in [1.54, 1.807) is 27.7 Å². The maximum Gasteiger partial charge on any atom is 0.471 e. The van der Waals surface area contributed by atoms with E-state index in [0.717, 1.165) is 0 Å². The van der Waals surface area contributed by atoms with E-state index in [1.165, 1.54) is 0 Å². The molecule has 0 bridgehead atoms. The number of ether oxygens (including phenoxy) is 5. The zero-order chi connectivity index (χ0) is 17.9. The van der Waals surface area contributed by atoms with Crippen LogP contribution in [-0.2, 0) is 28.5 Å². The number of carbonyl (C=O) groups excluding carboxylic acids is 1. The number of nitrogens with one attached hydrogen (secondary N) is 1. The highest BCUT2D eigenvalue weighted by Gasteiger charge is 2.60. The van der Waals surface area contributed by atoms with Crippen LogP contribution in [0.3, 0.4) is 0 Å². The van der Waals surface area contributed by atoms with Crippen LogP contribution < -0.4 is 5.32 Å². The zero-order valence-corrected chi connectivity index (χ0v) is 13.7. The van der Waals surface area contributed by atoms with Gasteiger partial charge in [-0.25, -0.2) is 0 Å². The van der Waals surface area contributed by atoms with E-state index in [1.807, 2.05) is 5.32 Å². The lowest BCUT2D eigenvalue weighted by molar-refractivity contribution is -0.233. The Balaban J connectivity index is 1.74. The minimum Gasteiger partial charge on any atom is -0.346 e. The molecule has 138 valence electrons. The van der Waals surface area contributed by atoms with Crippen molar-refractivity contribution in [2.45, 2.75) is 76.2 Å². The average Bonchev–Trinajstić information content (AvgIpc) is 2.88. The van der Waals surface area contributed by atoms with Crippen molar-refractivity contribution >= 4 is 5.91 Å². The van der Waals surface area contributed by atoms with E-state index in [-0.39, 0.29) is 6.54 Å². The van der Waals surface area contributed by atoms with Crippen molar-refractivity contribution in [3.05, 3.63) is 0 Å². The first-order valence-electron chi connectivity index (χ1n) is 7.60. The monoisotopic (exact) mass is 355 g/mol. The van der Waals surface area contributed by atoms with Gasteiger partial charge < -0.3 is 29.0 Å². The van der Waals surface area contributed by atoms with Crippen molar-refractivity contribution in [2.24, 2.45) is 0 Å². The van der Waals surface area contributed by atoms with Gasteiger partial charge >= 0.3 is 12.1 Å². The molecule has 3 aliphatic rings. The van der Waals surface area contributed by atoms with Gasteiger partial charge in [0, 0.05) is 6.54 Å². The van der Waals surface area contributed by atoms with E-state index >= 15 is 0 Å². The number of hydrogen-bond acceptors (Lipinski definition) is 6. The highest BCUT2D eigenvalue weighted by Crippen LogP contribution is 2.43. The number of amides is 1. The normalized spacial score (nSPS) is 40.0. The lowest BCUT2D eigenvalue weighted by atomic mass is 9.99. The molecular weight excluding hydrogens is 335 g/mol. The summed E-state index contributed by atoms with van der Waals surface area (Å²) < 4.78 is 65.7. The van der Waals surface area contributed by atoms with Crippen molar-refractivity contribution in [3.63, 3.8) is 0 Å². The molecule has 0 spiro atoms. The van der Waals surface area contributed by atoms with Crippen molar-refractivity contribution in [1.29, 1.82) is 0 Å². The van der Waals surface area contributed by atoms with Gasteiger partial charge in [-0.1, -0.05) is 0 Å².